The van der Waals surface area contributed by atoms with Gasteiger partial charge in [-0.15, -0.1) is 0 Å². The molecule has 1 rings (SSSR count). The van der Waals surface area contributed by atoms with Gasteiger partial charge in [0, 0.05) is 12.1 Å². The van der Waals surface area contributed by atoms with Crippen molar-refractivity contribution in [2.75, 3.05) is 7.05 Å². The Morgan fingerprint density at radius 3 is 2.50 bits per heavy atom. The molecule has 0 saturated heterocycles. The third kappa shape index (κ3) is 3.11. The van der Waals surface area contributed by atoms with Crippen molar-refractivity contribution in [1.29, 1.82) is 0 Å². The molecule has 0 aromatic heterocycles. The number of nitrogens with one attached hydrogen (secondary N) is 1. The average Bonchev–Trinajstić information content (AvgIpc) is 1.93. The van der Waals surface area contributed by atoms with E-state index in [1.165, 1.54) is 25.7 Å². The van der Waals surface area contributed by atoms with Gasteiger partial charge >= 0.3 is 0 Å². The Kier molecular flexibility index (Phi) is 4.02. The van der Waals surface area contributed by atoms with Crippen molar-refractivity contribution in [3.8, 4) is 0 Å². The van der Waals surface area contributed by atoms with E-state index in [-0.39, 0.29) is 0 Å². The average molecular weight is 170 g/mol. The molecule has 1 saturated carbocycles. The first kappa shape index (κ1) is 10.0. The van der Waals surface area contributed by atoms with Gasteiger partial charge in [-0.25, -0.2) is 0 Å². The normalized spacial score (nSPS) is 23.2. The molecular weight excluding hydrogens is 148 g/mol. The maximum Gasteiger partial charge on any atom is 0.00813 e. The number of hydrogen-bond acceptors (Lipinski definition) is 2. The molecule has 0 amide bonds. The minimum Gasteiger partial charge on any atom is -0.328 e. The molecule has 2 heteroatoms. The molecular formula is C10H22N2. The number of nitrogens with two attached hydrogens (primary N) is 1. The molecule has 0 spiro atoms. The lowest BCUT2D eigenvalue weighted by atomic mass is 9.80. The van der Waals surface area contributed by atoms with Crippen LogP contribution >= 0.6 is 0 Å². The van der Waals surface area contributed by atoms with Crippen LogP contribution in [0.4, 0.5) is 0 Å². The summed E-state index contributed by atoms with van der Waals surface area (Å²) in [4.78, 5) is 0. The fourth-order valence-corrected chi connectivity index (χ4v) is 1.91. The molecule has 0 aliphatic heterocycles. The van der Waals surface area contributed by atoms with Crippen LogP contribution in [0.1, 0.15) is 39.0 Å². The Hall–Kier alpha value is -0.0800. The monoisotopic (exact) mass is 170 g/mol. The lowest BCUT2D eigenvalue weighted by Gasteiger charge is -2.30. The summed E-state index contributed by atoms with van der Waals surface area (Å²) < 4.78 is 0. The van der Waals surface area contributed by atoms with Crippen molar-refractivity contribution in [3.05, 3.63) is 0 Å². The highest BCUT2D eigenvalue weighted by atomic mass is 14.9. The zero-order valence-corrected chi connectivity index (χ0v) is 8.34. The fourth-order valence-electron chi connectivity index (χ4n) is 1.91. The fraction of sp³-hybridized carbons (Fsp3) is 1.00. The van der Waals surface area contributed by atoms with Crippen LogP contribution in [0.25, 0.3) is 0 Å². The van der Waals surface area contributed by atoms with Crippen molar-refractivity contribution in [1.82, 2.24) is 5.32 Å². The highest BCUT2D eigenvalue weighted by Gasteiger charge is 2.21. The van der Waals surface area contributed by atoms with Crippen LogP contribution in [0.15, 0.2) is 0 Å². The van der Waals surface area contributed by atoms with E-state index < -0.39 is 0 Å². The van der Waals surface area contributed by atoms with Crippen LogP contribution in [0, 0.1) is 5.92 Å². The number of rotatable bonds is 5. The van der Waals surface area contributed by atoms with Gasteiger partial charge in [-0.1, -0.05) is 19.3 Å². The first-order chi connectivity index (χ1) is 5.72. The molecule has 2 atom stereocenters. The number of hydrogen-bond donors (Lipinski definition) is 2. The van der Waals surface area contributed by atoms with E-state index in [0.29, 0.717) is 12.1 Å². The predicted octanol–water partition coefficient (Wildman–Crippen LogP) is 1.50. The molecule has 0 aromatic carbocycles. The topological polar surface area (TPSA) is 38.0 Å². The summed E-state index contributed by atoms with van der Waals surface area (Å²) >= 11 is 0. The highest BCUT2D eigenvalue weighted by molar-refractivity contribution is 4.78. The Morgan fingerprint density at radius 2 is 2.17 bits per heavy atom. The van der Waals surface area contributed by atoms with Crippen molar-refractivity contribution in [3.63, 3.8) is 0 Å². The van der Waals surface area contributed by atoms with Crippen LogP contribution in [0.2, 0.25) is 0 Å². The molecule has 1 fully saturated rings. The molecule has 1 unspecified atom stereocenters. The molecule has 0 heterocycles. The van der Waals surface area contributed by atoms with E-state index in [9.17, 15) is 0 Å². The van der Waals surface area contributed by atoms with Crippen LogP contribution in [0.5, 0.6) is 0 Å². The summed E-state index contributed by atoms with van der Waals surface area (Å²) in [7, 11) is 2.05. The summed E-state index contributed by atoms with van der Waals surface area (Å²) in [6.07, 6.45) is 6.78. The molecule has 3 N–H and O–H groups in total. The smallest absolute Gasteiger partial charge is 0.00813 e. The van der Waals surface area contributed by atoms with E-state index in [0.717, 1.165) is 12.3 Å². The lowest BCUT2D eigenvalue weighted by molar-refractivity contribution is 0.255. The van der Waals surface area contributed by atoms with E-state index in [1.807, 2.05) is 7.05 Å². The predicted molar refractivity (Wildman–Crippen MR) is 53.1 cm³/mol. The van der Waals surface area contributed by atoms with Crippen molar-refractivity contribution < 1.29 is 0 Å². The molecule has 0 bridgehead atoms. The van der Waals surface area contributed by atoms with Gasteiger partial charge in [-0.3, -0.25) is 0 Å². The maximum absolute atomic E-state index is 5.76. The summed E-state index contributed by atoms with van der Waals surface area (Å²) in [5, 5.41) is 3.35. The summed E-state index contributed by atoms with van der Waals surface area (Å²) in [6.45, 7) is 2.09. The second-order valence-electron chi connectivity index (χ2n) is 4.23. The van der Waals surface area contributed by atoms with Gasteiger partial charge in [0.05, 0.1) is 0 Å². The van der Waals surface area contributed by atoms with Crippen LogP contribution < -0.4 is 11.1 Å². The molecule has 2 nitrogen and oxygen atoms in total. The van der Waals surface area contributed by atoms with Crippen LogP contribution in [-0.4, -0.2) is 19.1 Å². The van der Waals surface area contributed by atoms with Gasteiger partial charge in [-0.2, -0.15) is 0 Å². The second-order valence-corrected chi connectivity index (χ2v) is 4.23. The zero-order chi connectivity index (χ0) is 8.97. The Balaban J connectivity index is 2.15. The van der Waals surface area contributed by atoms with E-state index >= 15 is 0 Å². The van der Waals surface area contributed by atoms with Gasteiger partial charge in [0.15, 0.2) is 0 Å². The van der Waals surface area contributed by atoms with Gasteiger partial charge in [0.1, 0.15) is 0 Å². The van der Waals surface area contributed by atoms with Crippen LogP contribution in [0.3, 0.4) is 0 Å². The molecule has 72 valence electrons. The second kappa shape index (κ2) is 4.83. The molecule has 0 radical (unpaired) electrons. The Labute approximate surface area is 75.9 Å². The minimum atomic E-state index is 0.336. The quantitative estimate of drug-likeness (QED) is 0.656. The van der Waals surface area contributed by atoms with Crippen molar-refractivity contribution in [2.45, 2.75) is 51.1 Å². The third-order valence-electron chi connectivity index (χ3n) is 2.91. The van der Waals surface area contributed by atoms with Crippen molar-refractivity contribution >= 4 is 0 Å². The molecule has 12 heavy (non-hydrogen) atoms. The standard InChI is InChI=1S/C10H22N2/c1-8(11)6-10(12-2)7-9-4-3-5-9/h8-10,12H,3-7,11H2,1-2H3/t8?,10-/m1/s1. The van der Waals surface area contributed by atoms with Gasteiger partial charge < -0.3 is 11.1 Å². The lowest BCUT2D eigenvalue weighted by Crippen LogP contribution is -2.35. The summed E-state index contributed by atoms with van der Waals surface area (Å²) in [5.74, 6) is 0.987. The van der Waals surface area contributed by atoms with E-state index in [4.69, 9.17) is 5.73 Å². The van der Waals surface area contributed by atoms with E-state index in [1.54, 1.807) is 0 Å². The first-order valence-corrected chi connectivity index (χ1v) is 5.15. The summed E-state index contributed by atoms with van der Waals surface area (Å²) in [5.41, 5.74) is 5.76. The van der Waals surface area contributed by atoms with Gasteiger partial charge in [0.2, 0.25) is 0 Å². The first-order valence-electron chi connectivity index (χ1n) is 5.15. The molecule has 0 aromatic rings. The largest absolute Gasteiger partial charge is 0.328 e. The zero-order valence-electron chi connectivity index (χ0n) is 8.34. The highest BCUT2D eigenvalue weighted by Crippen LogP contribution is 2.31. The van der Waals surface area contributed by atoms with E-state index in [2.05, 4.69) is 12.2 Å². The summed E-state index contributed by atoms with van der Waals surface area (Å²) in [6, 6.07) is 0.984. The Morgan fingerprint density at radius 1 is 1.50 bits per heavy atom. The SMILES string of the molecule is CN[C@H](CC(C)N)CC1CCC1. The van der Waals surface area contributed by atoms with Gasteiger partial charge in [-0.05, 0) is 32.7 Å². The minimum absolute atomic E-state index is 0.336. The van der Waals surface area contributed by atoms with Gasteiger partial charge in [0.25, 0.3) is 0 Å². The third-order valence-corrected chi connectivity index (χ3v) is 2.91. The van der Waals surface area contributed by atoms with Crippen molar-refractivity contribution in [2.24, 2.45) is 11.7 Å². The molecule has 1 aliphatic carbocycles. The molecule has 1 aliphatic rings. The maximum atomic E-state index is 5.76. The van der Waals surface area contributed by atoms with Crippen LogP contribution in [-0.2, 0) is 0 Å². The Bertz CT molecular complexity index is 119.